The maximum Gasteiger partial charge on any atom is 0.252 e. The zero-order chi connectivity index (χ0) is 21.7. The highest BCUT2D eigenvalue weighted by atomic mass is 35.5. The van der Waals surface area contributed by atoms with Gasteiger partial charge >= 0.3 is 0 Å². The van der Waals surface area contributed by atoms with Crippen molar-refractivity contribution in [1.82, 2.24) is 20.1 Å². The Kier molecular flexibility index (Phi) is 7.58. The number of benzene rings is 2. The smallest absolute Gasteiger partial charge is 0.252 e. The molecule has 0 aliphatic carbocycles. The summed E-state index contributed by atoms with van der Waals surface area (Å²) in [5.74, 6) is 1.15. The number of aromatic nitrogens is 3. The molecule has 1 aromatic heterocycles. The Morgan fingerprint density at radius 1 is 1.27 bits per heavy atom. The third-order valence-electron chi connectivity index (χ3n) is 4.55. The van der Waals surface area contributed by atoms with Crippen LogP contribution in [0.5, 0.6) is 0 Å². The minimum absolute atomic E-state index is 0.143. The second-order valence-corrected chi connectivity index (χ2v) is 8.56. The quantitative estimate of drug-likeness (QED) is 0.337. The molecule has 2 aromatic carbocycles. The van der Waals surface area contributed by atoms with Crippen molar-refractivity contribution >= 4 is 40.9 Å². The number of hydrogen-bond donors (Lipinski definition) is 1. The van der Waals surface area contributed by atoms with Gasteiger partial charge in [-0.25, -0.2) is 0 Å². The Morgan fingerprint density at radius 2 is 2.03 bits per heavy atom. The molecule has 0 saturated heterocycles. The van der Waals surface area contributed by atoms with Gasteiger partial charge in [0.2, 0.25) is 0 Å². The molecule has 1 amide bonds. The van der Waals surface area contributed by atoms with E-state index in [0.29, 0.717) is 33.7 Å². The Balaban J connectivity index is 1.76. The van der Waals surface area contributed by atoms with Crippen molar-refractivity contribution in [2.24, 2.45) is 0 Å². The lowest BCUT2D eigenvalue weighted by molar-refractivity contribution is 0.0937. The first-order valence-electron chi connectivity index (χ1n) is 9.38. The topological polar surface area (TPSA) is 59.8 Å². The van der Waals surface area contributed by atoms with E-state index in [9.17, 15) is 4.79 Å². The molecular weight excluding hydrogens is 439 g/mol. The van der Waals surface area contributed by atoms with Crippen molar-refractivity contribution < 1.29 is 4.79 Å². The maximum absolute atomic E-state index is 12.7. The summed E-state index contributed by atoms with van der Waals surface area (Å²) in [5.41, 5.74) is 2.53. The average Bonchev–Trinajstić information content (AvgIpc) is 3.10. The van der Waals surface area contributed by atoms with E-state index in [-0.39, 0.29) is 11.9 Å². The first kappa shape index (κ1) is 22.4. The number of rotatable bonds is 8. The molecule has 8 heteroatoms. The summed E-state index contributed by atoms with van der Waals surface area (Å²) >= 11 is 13.8. The van der Waals surface area contributed by atoms with E-state index in [0.717, 1.165) is 16.3 Å². The van der Waals surface area contributed by atoms with Gasteiger partial charge in [0.1, 0.15) is 0 Å². The van der Waals surface area contributed by atoms with Crippen molar-refractivity contribution in [2.45, 2.75) is 37.3 Å². The van der Waals surface area contributed by atoms with E-state index in [4.69, 9.17) is 23.2 Å². The van der Waals surface area contributed by atoms with E-state index < -0.39 is 0 Å². The van der Waals surface area contributed by atoms with Gasteiger partial charge in [-0.05, 0) is 43.2 Å². The Labute approximate surface area is 190 Å². The number of allylic oxidation sites excluding steroid dienone is 1. The molecule has 0 aliphatic heterocycles. The van der Waals surface area contributed by atoms with Crippen LogP contribution in [0.25, 0.3) is 0 Å². The normalized spacial score (nSPS) is 11.9. The van der Waals surface area contributed by atoms with Gasteiger partial charge in [0, 0.05) is 27.9 Å². The molecule has 0 aliphatic rings. The molecule has 0 saturated carbocycles. The predicted molar refractivity (Wildman–Crippen MR) is 123 cm³/mol. The Bertz CT molecular complexity index is 1070. The number of carbonyl (C=O) groups is 1. The van der Waals surface area contributed by atoms with E-state index in [2.05, 4.69) is 22.1 Å². The molecule has 1 heterocycles. The summed E-state index contributed by atoms with van der Waals surface area (Å²) < 4.78 is 1.95. The van der Waals surface area contributed by atoms with Crippen molar-refractivity contribution in [3.05, 3.63) is 87.7 Å². The third kappa shape index (κ3) is 5.25. The first-order valence-corrected chi connectivity index (χ1v) is 11.1. The van der Waals surface area contributed by atoms with Crippen LogP contribution in [-0.4, -0.2) is 20.7 Å². The lowest BCUT2D eigenvalue weighted by atomic mass is 10.1. The number of amides is 1. The molecule has 1 N–H and O–H groups in total. The summed E-state index contributed by atoms with van der Waals surface area (Å²) in [7, 11) is 0. The number of thioether (sulfide) groups is 1. The van der Waals surface area contributed by atoms with Crippen LogP contribution in [0.4, 0.5) is 0 Å². The van der Waals surface area contributed by atoms with Gasteiger partial charge in [0.15, 0.2) is 11.0 Å². The minimum Gasteiger partial charge on any atom is -0.342 e. The molecule has 1 atom stereocenters. The van der Waals surface area contributed by atoms with E-state index >= 15 is 0 Å². The van der Waals surface area contributed by atoms with Gasteiger partial charge in [-0.1, -0.05) is 65.3 Å². The van der Waals surface area contributed by atoms with Crippen LogP contribution in [0.15, 0.2) is 60.3 Å². The van der Waals surface area contributed by atoms with E-state index in [1.165, 1.54) is 11.8 Å². The van der Waals surface area contributed by atoms with Crippen LogP contribution in [0.3, 0.4) is 0 Å². The summed E-state index contributed by atoms with van der Waals surface area (Å²) in [6.45, 7) is 8.17. The minimum atomic E-state index is -0.321. The third-order valence-corrected chi connectivity index (χ3v) is 6.16. The van der Waals surface area contributed by atoms with Crippen molar-refractivity contribution in [2.75, 3.05) is 0 Å². The van der Waals surface area contributed by atoms with Gasteiger partial charge < -0.3 is 9.88 Å². The number of carbonyl (C=O) groups excluding carboxylic acids is 1. The number of nitrogens with zero attached hydrogens (tertiary/aromatic N) is 3. The van der Waals surface area contributed by atoms with E-state index in [1.807, 2.05) is 54.8 Å². The van der Waals surface area contributed by atoms with Gasteiger partial charge in [0.25, 0.3) is 5.91 Å². The first-order chi connectivity index (χ1) is 14.4. The summed E-state index contributed by atoms with van der Waals surface area (Å²) in [6, 6.07) is 12.6. The van der Waals surface area contributed by atoms with Crippen molar-refractivity contribution in [1.29, 1.82) is 0 Å². The second kappa shape index (κ2) is 10.2. The molecule has 3 rings (SSSR count). The molecule has 156 valence electrons. The lowest BCUT2D eigenvalue weighted by Crippen LogP contribution is -2.29. The highest BCUT2D eigenvalue weighted by Crippen LogP contribution is 2.29. The standard InChI is InChI=1S/C22H22Cl2N4OS/c1-4-11-28-20(15(3)25-21(29)18-8-6-5-7-14(18)2)26-27-22(28)30-13-16-9-10-17(23)12-19(16)24/h4-10,12,15H,1,11,13H2,2-3H3,(H,25,29). The summed E-state index contributed by atoms with van der Waals surface area (Å²) in [4.78, 5) is 12.7. The van der Waals surface area contributed by atoms with Gasteiger partial charge in [-0.2, -0.15) is 0 Å². The van der Waals surface area contributed by atoms with Crippen molar-refractivity contribution in [3.63, 3.8) is 0 Å². The highest BCUT2D eigenvalue weighted by molar-refractivity contribution is 7.98. The second-order valence-electron chi connectivity index (χ2n) is 6.77. The number of hydrogen-bond acceptors (Lipinski definition) is 4. The molecule has 0 fully saturated rings. The lowest BCUT2D eigenvalue weighted by Gasteiger charge is -2.16. The molecule has 0 radical (unpaired) electrons. The van der Waals surface area contributed by atoms with Gasteiger partial charge in [0.05, 0.1) is 6.04 Å². The van der Waals surface area contributed by atoms with Crippen LogP contribution in [0.1, 0.15) is 40.3 Å². The predicted octanol–water partition coefficient (Wildman–Crippen LogP) is 5.86. The van der Waals surface area contributed by atoms with Crippen LogP contribution < -0.4 is 5.32 Å². The molecule has 1 unspecified atom stereocenters. The highest BCUT2D eigenvalue weighted by Gasteiger charge is 2.20. The molecule has 3 aromatic rings. The number of halogens is 2. The average molecular weight is 461 g/mol. The molecule has 0 bridgehead atoms. The van der Waals surface area contributed by atoms with Crippen LogP contribution in [-0.2, 0) is 12.3 Å². The molecule has 30 heavy (non-hydrogen) atoms. The van der Waals surface area contributed by atoms with Gasteiger partial charge in [-0.15, -0.1) is 16.8 Å². The maximum atomic E-state index is 12.7. The van der Waals surface area contributed by atoms with Crippen LogP contribution in [0.2, 0.25) is 10.0 Å². The fourth-order valence-electron chi connectivity index (χ4n) is 2.98. The summed E-state index contributed by atoms with van der Waals surface area (Å²) in [5, 5.41) is 13.6. The largest absolute Gasteiger partial charge is 0.342 e. The van der Waals surface area contributed by atoms with Gasteiger partial charge in [-0.3, -0.25) is 4.79 Å². The summed E-state index contributed by atoms with van der Waals surface area (Å²) in [6.07, 6.45) is 1.78. The Morgan fingerprint density at radius 3 is 2.73 bits per heavy atom. The fraction of sp³-hybridized carbons (Fsp3) is 0.227. The van der Waals surface area contributed by atoms with Crippen LogP contribution >= 0.6 is 35.0 Å². The number of aryl methyl sites for hydroxylation is 1. The fourth-order valence-corrected chi connectivity index (χ4v) is 4.49. The van der Waals surface area contributed by atoms with E-state index in [1.54, 1.807) is 12.1 Å². The Hall–Kier alpha value is -2.28. The molecular formula is C22H22Cl2N4OS. The monoisotopic (exact) mass is 460 g/mol. The van der Waals surface area contributed by atoms with Crippen LogP contribution in [0, 0.1) is 6.92 Å². The SMILES string of the molecule is C=CCn1c(SCc2ccc(Cl)cc2Cl)nnc1C(C)NC(=O)c1ccccc1C. The zero-order valence-corrected chi connectivity index (χ0v) is 19.1. The molecule has 5 nitrogen and oxygen atoms in total. The number of nitrogens with one attached hydrogen (secondary N) is 1. The van der Waals surface area contributed by atoms with Crippen molar-refractivity contribution in [3.8, 4) is 0 Å². The zero-order valence-electron chi connectivity index (χ0n) is 16.7. The molecule has 0 spiro atoms.